The van der Waals surface area contributed by atoms with Gasteiger partial charge in [0.15, 0.2) is 29.1 Å². The summed E-state index contributed by atoms with van der Waals surface area (Å²) >= 11 is 0. The third-order valence-corrected chi connectivity index (χ3v) is 6.14. The summed E-state index contributed by atoms with van der Waals surface area (Å²) in [6.07, 6.45) is 1.10. The summed E-state index contributed by atoms with van der Waals surface area (Å²) in [5.41, 5.74) is 12.0. The van der Waals surface area contributed by atoms with Crippen LogP contribution >= 0.6 is 0 Å². The van der Waals surface area contributed by atoms with Gasteiger partial charge in [-0.1, -0.05) is 6.07 Å². The minimum Gasteiger partial charge on any atom is -0.382 e. The van der Waals surface area contributed by atoms with Gasteiger partial charge >= 0.3 is 0 Å². The standard InChI is InChI=1S/C21H18F3N7O2S/c22-7-2-8-34(32,33)31-15-4-1-3-12(17(15)24)14-5-6-16-18(28-14)20(26)30-21(29-16)11-9-13(23)19(25)27-10-11/h1,3-6,9-10,31H,2,7-8H2,(H2,25,27)(H2,26,29,30). The Morgan fingerprint density at radius 3 is 2.53 bits per heavy atom. The number of fused-ring (bicyclic) bond motifs is 1. The number of nitrogens with zero attached hydrogens (tertiary/aromatic N) is 4. The molecular formula is C21H18F3N7O2S. The molecule has 0 radical (unpaired) electrons. The van der Waals surface area contributed by atoms with E-state index in [1.165, 1.54) is 36.5 Å². The highest BCUT2D eigenvalue weighted by Gasteiger charge is 2.18. The van der Waals surface area contributed by atoms with Crippen LogP contribution in [0.1, 0.15) is 6.42 Å². The van der Waals surface area contributed by atoms with E-state index in [-0.39, 0.29) is 51.9 Å². The SMILES string of the molecule is Nc1ncc(-c2nc(N)c3nc(-c4cccc(NS(=O)(=O)CCCF)c4F)ccc3n2)cc1F. The van der Waals surface area contributed by atoms with Crippen molar-refractivity contribution in [1.82, 2.24) is 19.9 Å². The van der Waals surface area contributed by atoms with Crippen LogP contribution in [0.5, 0.6) is 0 Å². The molecule has 0 aliphatic rings. The Balaban J connectivity index is 1.72. The molecule has 13 heteroatoms. The molecule has 0 aliphatic heterocycles. The average molecular weight is 489 g/mol. The molecule has 4 aromatic rings. The quantitative estimate of drug-likeness (QED) is 0.358. The lowest BCUT2D eigenvalue weighted by Crippen LogP contribution is -2.18. The van der Waals surface area contributed by atoms with Crippen molar-refractivity contribution in [1.29, 1.82) is 0 Å². The molecule has 0 saturated heterocycles. The van der Waals surface area contributed by atoms with Gasteiger partial charge in [0.2, 0.25) is 10.0 Å². The predicted octanol–water partition coefficient (Wildman–Crippen LogP) is 3.30. The minimum absolute atomic E-state index is 0.000809. The Morgan fingerprint density at radius 2 is 1.79 bits per heavy atom. The van der Waals surface area contributed by atoms with Crippen molar-refractivity contribution in [3.8, 4) is 22.6 Å². The first-order valence-electron chi connectivity index (χ1n) is 9.89. The molecule has 0 unspecified atom stereocenters. The average Bonchev–Trinajstić information content (AvgIpc) is 2.80. The number of rotatable bonds is 7. The monoisotopic (exact) mass is 489 g/mol. The summed E-state index contributed by atoms with van der Waals surface area (Å²) in [7, 11) is -3.93. The molecule has 34 heavy (non-hydrogen) atoms. The van der Waals surface area contributed by atoms with Gasteiger partial charge in [-0.2, -0.15) is 0 Å². The number of anilines is 3. The molecule has 1 aromatic carbocycles. The number of sulfonamides is 1. The summed E-state index contributed by atoms with van der Waals surface area (Å²) in [6.45, 7) is -0.806. The Bertz CT molecular complexity index is 1500. The van der Waals surface area contributed by atoms with E-state index in [0.29, 0.717) is 5.52 Å². The highest BCUT2D eigenvalue weighted by atomic mass is 32.2. The third kappa shape index (κ3) is 4.69. The van der Waals surface area contributed by atoms with Crippen LogP contribution in [0.25, 0.3) is 33.7 Å². The molecule has 0 spiro atoms. The number of aromatic nitrogens is 4. The molecular weight excluding hydrogens is 471 g/mol. The van der Waals surface area contributed by atoms with Crippen molar-refractivity contribution < 1.29 is 21.6 Å². The van der Waals surface area contributed by atoms with Crippen molar-refractivity contribution in [3.63, 3.8) is 0 Å². The number of halogens is 3. The first-order chi connectivity index (χ1) is 16.2. The zero-order chi connectivity index (χ0) is 24.5. The van der Waals surface area contributed by atoms with Gasteiger partial charge in [0, 0.05) is 17.3 Å². The summed E-state index contributed by atoms with van der Waals surface area (Å²) in [5.74, 6) is -2.28. The molecule has 3 heterocycles. The first-order valence-corrected chi connectivity index (χ1v) is 11.5. The van der Waals surface area contributed by atoms with Gasteiger partial charge in [0.25, 0.3) is 0 Å². The van der Waals surface area contributed by atoms with Crippen LogP contribution in [0, 0.1) is 11.6 Å². The van der Waals surface area contributed by atoms with Gasteiger partial charge in [0.1, 0.15) is 5.52 Å². The van der Waals surface area contributed by atoms with Crippen LogP contribution < -0.4 is 16.2 Å². The number of nitrogen functional groups attached to an aromatic ring is 2. The van der Waals surface area contributed by atoms with E-state index >= 15 is 4.39 Å². The van der Waals surface area contributed by atoms with Gasteiger partial charge < -0.3 is 11.5 Å². The maximum absolute atomic E-state index is 15.1. The van der Waals surface area contributed by atoms with E-state index in [1.54, 1.807) is 0 Å². The molecule has 9 nitrogen and oxygen atoms in total. The first kappa shape index (κ1) is 23.2. The second kappa shape index (κ2) is 9.09. The molecule has 0 fully saturated rings. The summed E-state index contributed by atoms with van der Waals surface area (Å²) in [6, 6.07) is 8.23. The van der Waals surface area contributed by atoms with Crippen LogP contribution in [0.3, 0.4) is 0 Å². The van der Waals surface area contributed by atoms with Crippen molar-refractivity contribution in [2.24, 2.45) is 0 Å². The Kier molecular flexibility index (Phi) is 6.20. The largest absolute Gasteiger partial charge is 0.382 e. The fourth-order valence-electron chi connectivity index (χ4n) is 3.16. The molecule has 0 aliphatic carbocycles. The van der Waals surface area contributed by atoms with E-state index in [1.807, 2.05) is 0 Å². The van der Waals surface area contributed by atoms with Gasteiger partial charge in [-0.3, -0.25) is 9.11 Å². The van der Waals surface area contributed by atoms with E-state index < -0.39 is 34.1 Å². The number of nitrogens with two attached hydrogens (primary N) is 2. The predicted molar refractivity (Wildman–Crippen MR) is 123 cm³/mol. The normalized spacial score (nSPS) is 11.6. The zero-order valence-electron chi connectivity index (χ0n) is 17.5. The summed E-state index contributed by atoms with van der Waals surface area (Å²) < 4.78 is 67.4. The van der Waals surface area contributed by atoms with Crippen molar-refractivity contribution in [3.05, 3.63) is 54.2 Å². The van der Waals surface area contributed by atoms with E-state index in [4.69, 9.17) is 11.5 Å². The lowest BCUT2D eigenvalue weighted by Gasteiger charge is -2.12. The van der Waals surface area contributed by atoms with Crippen LogP contribution in [-0.4, -0.2) is 40.8 Å². The number of nitrogens with one attached hydrogen (secondary N) is 1. The van der Waals surface area contributed by atoms with Crippen LogP contribution in [0.15, 0.2) is 42.6 Å². The summed E-state index contributed by atoms with van der Waals surface area (Å²) in [4.78, 5) is 16.5. The van der Waals surface area contributed by atoms with E-state index in [9.17, 15) is 17.2 Å². The highest BCUT2D eigenvalue weighted by molar-refractivity contribution is 7.92. The van der Waals surface area contributed by atoms with Gasteiger partial charge in [-0.05, 0) is 36.8 Å². The van der Waals surface area contributed by atoms with Crippen molar-refractivity contribution in [2.75, 3.05) is 28.6 Å². The van der Waals surface area contributed by atoms with Gasteiger partial charge in [0.05, 0.1) is 29.3 Å². The Hall–Kier alpha value is -4.00. The van der Waals surface area contributed by atoms with Crippen LogP contribution in [-0.2, 0) is 10.0 Å². The van der Waals surface area contributed by atoms with Gasteiger partial charge in [-0.25, -0.2) is 37.1 Å². The Morgan fingerprint density at radius 1 is 1.00 bits per heavy atom. The number of hydrogen-bond acceptors (Lipinski definition) is 8. The molecule has 176 valence electrons. The molecule has 0 saturated carbocycles. The van der Waals surface area contributed by atoms with Crippen LogP contribution in [0.2, 0.25) is 0 Å². The Labute approximate surface area is 192 Å². The zero-order valence-corrected chi connectivity index (χ0v) is 18.3. The van der Waals surface area contributed by atoms with E-state index in [0.717, 1.165) is 6.07 Å². The number of benzene rings is 1. The topological polar surface area (TPSA) is 150 Å². The second-order valence-corrected chi connectivity index (χ2v) is 9.06. The van der Waals surface area contributed by atoms with Crippen molar-refractivity contribution >= 4 is 38.4 Å². The van der Waals surface area contributed by atoms with Crippen LogP contribution in [0.4, 0.5) is 30.5 Å². The lowest BCUT2D eigenvalue weighted by molar-refractivity contribution is 0.484. The molecule has 0 bridgehead atoms. The maximum Gasteiger partial charge on any atom is 0.232 e. The number of pyridine rings is 2. The summed E-state index contributed by atoms with van der Waals surface area (Å²) in [5, 5.41) is 0. The third-order valence-electron chi connectivity index (χ3n) is 4.78. The fraction of sp³-hybridized carbons (Fsp3) is 0.143. The smallest absolute Gasteiger partial charge is 0.232 e. The number of alkyl halides is 1. The molecule has 4 rings (SSSR count). The van der Waals surface area contributed by atoms with Crippen molar-refractivity contribution in [2.45, 2.75) is 6.42 Å². The van der Waals surface area contributed by atoms with Gasteiger partial charge in [-0.15, -0.1) is 0 Å². The molecule has 0 amide bonds. The minimum atomic E-state index is -3.93. The highest BCUT2D eigenvalue weighted by Crippen LogP contribution is 2.30. The molecule has 3 aromatic heterocycles. The lowest BCUT2D eigenvalue weighted by atomic mass is 10.1. The fourth-order valence-corrected chi connectivity index (χ4v) is 4.24. The van der Waals surface area contributed by atoms with E-state index in [2.05, 4.69) is 24.7 Å². The molecule has 5 N–H and O–H groups in total. The second-order valence-electron chi connectivity index (χ2n) is 7.22. The molecule has 0 atom stereocenters. The number of hydrogen-bond donors (Lipinski definition) is 3. The maximum atomic E-state index is 15.1.